The molecule has 20 heavy (non-hydrogen) atoms. The Morgan fingerprint density at radius 2 is 1.85 bits per heavy atom. The van der Waals surface area contributed by atoms with Crippen LogP contribution in [0.4, 0.5) is 4.79 Å². The average molecular weight is 335 g/mol. The van der Waals surface area contributed by atoms with Crippen LogP contribution in [0.1, 0.15) is 5.56 Å². The number of hydrogen-bond donors (Lipinski definition) is 1. The molecule has 1 aliphatic heterocycles. The van der Waals surface area contributed by atoms with Gasteiger partial charge in [0, 0.05) is 11.0 Å². The number of urea groups is 1. The van der Waals surface area contributed by atoms with Gasteiger partial charge in [0.05, 0.1) is 0 Å². The van der Waals surface area contributed by atoms with Gasteiger partial charge in [-0.2, -0.15) is 0 Å². The molecule has 2 rings (SSSR count). The maximum absolute atomic E-state index is 12.1. The summed E-state index contributed by atoms with van der Waals surface area (Å²) < 4.78 is 0.891. The summed E-state index contributed by atoms with van der Waals surface area (Å²) in [6, 6.07) is 6.37. The predicted molar refractivity (Wildman–Crippen MR) is 77.6 cm³/mol. The van der Waals surface area contributed by atoms with Gasteiger partial charge in [-0.3, -0.25) is 19.8 Å². The molecular formula is C14H11BrN2O3. The van der Waals surface area contributed by atoms with E-state index >= 15 is 0 Å². The average Bonchev–Trinajstić information content (AvgIpc) is 2.41. The first kappa shape index (κ1) is 14.2. The third kappa shape index (κ3) is 2.85. The molecule has 4 amide bonds. The molecule has 1 saturated heterocycles. The molecule has 1 fully saturated rings. The molecule has 102 valence electrons. The Morgan fingerprint density at radius 3 is 2.45 bits per heavy atom. The molecule has 1 heterocycles. The first-order chi connectivity index (χ1) is 9.52. The molecule has 0 bridgehead atoms. The molecule has 0 spiro atoms. The Morgan fingerprint density at radius 1 is 1.20 bits per heavy atom. The quantitative estimate of drug-likeness (QED) is 0.523. The largest absolute Gasteiger partial charge is 0.331 e. The number of amides is 4. The summed E-state index contributed by atoms with van der Waals surface area (Å²) in [7, 11) is 0. The lowest BCUT2D eigenvalue weighted by molar-refractivity contribution is -0.129. The van der Waals surface area contributed by atoms with Gasteiger partial charge in [-0.1, -0.05) is 34.1 Å². The molecular weight excluding hydrogens is 324 g/mol. The summed E-state index contributed by atoms with van der Waals surface area (Å²) in [6.45, 7) is 3.53. The molecule has 5 nitrogen and oxygen atoms in total. The first-order valence-corrected chi connectivity index (χ1v) is 6.57. The van der Waals surface area contributed by atoms with Crippen molar-refractivity contribution in [1.29, 1.82) is 0 Å². The summed E-state index contributed by atoms with van der Waals surface area (Å²) in [5.74, 6) is -1.32. The second-order valence-corrected chi connectivity index (χ2v) is 4.99. The van der Waals surface area contributed by atoms with Crippen LogP contribution in [-0.2, 0) is 9.59 Å². The number of rotatable bonds is 3. The summed E-state index contributed by atoms with van der Waals surface area (Å²) in [5.41, 5.74) is 0.619. The predicted octanol–water partition coefficient (Wildman–Crippen LogP) is 2.10. The summed E-state index contributed by atoms with van der Waals surface area (Å²) in [6.07, 6.45) is 2.87. The zero-order chi connectivity index (χ0) is 14.7. The molecule has 1 N–H and O–H groups in total. The lowest BCUT2D eigenvalue weighted by Crippen LogP contribution is -2.54. The van der Waals surface area contributed by atoms with Gasteiger partial charge in [0.25, 0.3) is 11.8 Å². The van der Waals surface area contributed by atoms with E-state index in [9.17, 15) is 14.4 Å². The van der Waals surface area contributed by atoms with Crippen LogP contribution in [0.2, 0.25) is 0 Å². The maximum atomic E-state index is 12.1. The number of hydrogen-bond acceptors (Lipinski definition) is 3. The minimum Gasteiger partial charge on any atom is -0.273 e. The number of barbiturate groups is 1. The Kier molecular flexibility index (Phi) is 4.14. The maximum Gasteiger partial charge on any atom is 0.331 e. The minimum atomic E-state index is -0.729. The molecule has 0 atom stereocenters. The third-order valence-electron chi connectivity index (χ3n) is 2.68. The molecule has 0 aliphatic carbocycles. The Labute approximate surface area is 124 Å². The number of nitrogens with one attached hydrogen (secondary N) is 1. The van der Waals surface area contributed by atoms with E-state index in [1.165, 1.54) is 12.2 Å². The third-order valence-corrected chi connectivity index (χ3v) is 3.21. The van der Waals surface area contributed by atoms with Gasteiger partial charge < -0.3 is 0 Å². The highest BCUT2D eigenvalue weighted by atomic mass is 79.9. The number of carbonyl (C=O) groups excluding carboxylic acids is 3. The monoisotopic (exact) mass is 334 g/mol. The topological polar surface area (TPSA) is 66.5 Å². The van der Waals surface area contributed by atoms with Crippen molar-refractivity contribution < 1.29 is 14.4 Å². The highest BCUT2D eigenvalue weighted by Crippen LogP contribution is 2.16. The smallest absolute Gasteiger partial charge is 0.273 e. The van der Waals surface area contributed by atoms with Crippen LogP contribution in [-0.4, -0.2) is 29.3 Å². The molecule has 0 saturated carbocycles. The van der Waals surface area contributed by atoms with Crippen LogP contribution >= 0.6 is 15.9 Å². The van der Waals surface area contributed by atoms with Crippen LogP contribution in [0.15, 0.2) is 47.0 Å². The molecule has 1 aliphatic rings. The number of imide groups is 2. The lowest BCUT2D eigenvalue weighted by atomic mass is 10.1. The Balaban J connectivity index is 2.36. The van der Waals surface area contributed by atoms with E-state index in [0.717, 1.165) is 9.37 Å². The van der Waals surface area contributed by atoms with Gasteiger partial charge in [-0.25, -0.2) is 4.79 Å². The van der Waals surface area contributed by atoms with Crippen LogP contribution in [0, 0.1) is 0 Å². The summed E-state index contributed by atoms with van der Waals surface area (Å²) >= 11 is 3.30. The van der Waals surface area contributed by atoms with Gasteiger partial charge in [0.2, 0.25) is 0 Å². The zero-order valence-electron chi connectivity index (χ0n) is 10.4. The second-order valence-electron chi connectivity index (χ2n) is 4.07. The van der Waals surface area contributed by atoms with Gasteiger partial charge in [-0.05, 0) is 23.8 Å². The van der Waals surface area contributed by atoms with Crippen LogP contribution < -0.4 is 5.32 Å². The van der Waals surface area contributed by atoms with Crippen molar-refractivity contribution in [2.75, 3.05) is 6.54 Å². The van der Waals surface area contributed by atoms with E-state index in [1.54, 1.807) is 24.3 Å². The normalized spacial score (nSPS) is 17.4. The van der Waals surface area contributed by atoms with Crippen LogP contribution in [0.25, 0.3) is 6.08 Å². The van der Waals surface area contributed by atoms with E-state index in [0.29, 0.717) is 5.56 Å². The zero-order valence-corrected chi connectivity index (χ0v) is 12.0. The van der Waals surface area contributed by atoms with E-state index < -0.39 is 17.8 Å². The van der Waals surface area contributed by atoms with Gasteiger partial charge in [0.15, 0.2) is 0 Å². The van der Waals surface area contributed by atoms with E-state index in [2.05, 4.69) is 27.8 Å². The fraction of sp³-hybridized carbons (Fsp3) is 0.0714. The van der Waals surface area contributed by atoms with Crippen molar-refractivity contribution in [3.05, 3.63) is 52.5 Å². The number of halogens is 1. The summed E-state index contributed by atoms with van der Waals surface area (Å²) in [4.78, 5) is 36.3. The van der Waals surface area contributed by atoms with Gasteiger partial charge >= 0.3 is 6.03 Å². The van der Waals surface area contributed by atoms with Crippen molar-refractivity contribution >= 4 is 39.9 Å². The molecule has 0 radical (unpaired) electrons. The van der Waals surface area contributed by atoms with E-state index in [-0.39, 0.29) is 12.1 Å². The second kappa shape index (κ2) is 5.83. The Bertz CT molecular complexity index is 620. The van der Waals surface area contributed by atoms with E-state index in [1.807, 2.05) is 0 Å². The van der Waals surface area contributed by atoms with Crippen molar-refractivity contribution in [2.24, 2.45) is 0 Å². The fourth-order valence-corrected chi connectivity index (χ4v) is 1.98. The van der Waals surface area contributed by atoms with Crippen LogP contribution in [0.3, 0.4) is 0 Å². The van der Waals surface area contributed by atoms with Crippen LogP contribution in [0.5, 0.6) is 0 Å². The number of carbonyl (C=O) groups is 3. The van der Waals surface area contributed by atoms with Gasteiger partial charge in [0.1, 0.15) is 5.57 Å². The highest BCUT2D eigenvalue weighted by molar-refractivity contribution is 9.10. The SMILES string of the molecule is C=CCN1C(=O)NC(=O)/C(=C/c2ccc(Br)cc2)C1=O. The first-order valence-electron chi connectivity index (χ1n) is 5.78. The molecule has 0 unspecified atom stereocenters. The van der Waals surface area contributed by atoms with E-state index in [4.69, 9.17) is 0 Å². The van der Waals surface area contributed by atoms with Crippen molar-refractivity contribution in [3.63, 3.8) is 0 Å². The standard InChI is InChI=1S/C14H11BrN2O3/c1-2-7-17-13(19)11(12(18)16-14(17)20)8-9-3-5-10(15)6-4-9/h2-6,8H,1,7H2,(H,16,18,20)/b11-8-. The highest BCUT2D eigenvalue weighted by Gasteiger charge is 2.34. The molecule has 1 aromatic rings. The Hall–Kier alpha value is -2.21. The lowest BCUT2D eigenvalue weighted by Gasteiger charge is -2.25. The molecule has 0 aromatic heterocycles. The molecule has 6 heteroatoms. The van der Waals surface area contributed by atoms with Crippen molar-refractivity contribution in [1.82, 2.24) is 10.2 Å². The van der Waals surface area contributed by atoms with Crippen molar-refractivity contribution in [3.8, 4) is 0 Å². The fourth-order valence-electron chi connectivity index (χ4n) is 1.71. The van der Waals surface area contributed by atoms with Gasteiger partial charge in [-0.15, -0.1) is 6.58 Å². The minimum absolute atomic E-state index is 0.0512. The summed E-state index contributed by atoms with van der Waals surface area (Å²) in [5, 5.41) is 2.13. The molecule has 1 aromatic carbocycles. The number of benzene rings is 1. The van der Waals surface area contributed by atoms with Crippen molar-refractivity contribution in [2.45, 2.75) is 0 Å². The number of nitrogens with zero attached hydrogens (tertiary/aromatic N) is 1.